The van der Waals surface area contributed by atoms with Crippen molar-refractivity contribution in [2.45, 2.75) is 32.1 Å². The maximum absolute atomic E-state index is 12.9. The Balaban J connectivity index is 1.57. The van der Waals surface area contributed by atoms with Gasteiger partial charge in [-0.2, -0.15) is 9.78 Å². The van der Waals surface area contributed by atoms with E-state index in [9.17, 15) is 9.59 Å². The second kappa shape index (κ2) is 6.82. The topological polar surface area (TPSA) is 55.2 Å². The minimum atomic E-state index is -0.228. The molecule has 1 aliphatic heterocycles. The first-order valence-corrected chi connectivity index (χ1v) is 9.17. The van der Waals surface area contributed by atoms with Crippen LogP contribution in [-0.2, 0) is 0 Å². The third-order valence-electron chi connectivity index (χ3n) is 5.60. The van der Waals surface area contributed by atoms with Crippen LogP contribution >= 0.6 is 0 Å². The minimum absolute atomic E-state index is 0.0614. The summed E-state index contributed by atoms with van der Waals surface area (Å²) in [5.74, 6) is 1.35. The molecule has 1 saturated carbocycles. The number of benzene rings is 1. The highest BCUT2D eigenvalue weighted by atomic mass is 16.2. The number of amides is 1. The third kappa shape index (κ3) is 3.23. The number of nitrogens with zero attached hydrogens (tertiary/aromatic N) is 3. The molecule has 2 aromatic rings. The lowest BCUT2D eigenvalue weighted by atomic mass is 9.75. The number of fused-ring (bicyclic) bond motifs is 1. The average Bonchev–Trinajstić information content (AvgIpc) is 2.68. The zero-order valence-electron chi connectivity index (χ0n) is 14.3. The Kier molecular flexibility index (Phi) is 4.38. The van der Waals surface area contributed by atoms with Gasteiger partial charge in [-0.15, -0.1) is 0 Å². The van der Waals surface area contributed by atoms with E-state index in [4.69, 9.17) is 0 Å². The second-order valence-corrected chi connectivity index (χ2v) is 7.15. The van der Waals surface area contributed by atoms with Crippen LogP contribution < -0.4 is 5.56 Å². The van der Waals surface area contributed by atoms with Crippen molar-refractivity contribution in [2.24, 2.45) is 11.8 Å². The molecule has 0 spiro atoms. The molecule has 130 valence electrons. The van der Waals surface area contributed by atoms with Gasteiger partial charge in [-0.3, -0.25) is 9.59 Å². The predicted octanol–water partition coefficient (Wildman–Crippen LogP) is 2.88. The summed E-state index contributed by atoms with van der Waals surface area (Å²) >= 11 is 0. The molecular formula is C20H23N3O2. The van der Waals surface area contributed by atoms with Gasteiger partial charge >= 0.3 is 0 Å². The van der Waals surface area contributed by atoms with Gasteiger partial charge in [0.2, 0.25) is 0 Å². The third-order valence-corrected chi connectivity index (χ3v) is 5.60. The summed E-state index contributed by atoms with van der Waals surface area (Å²) in [4.78, 5) is 27.0. The number of hydrogen-bond donors (Lipinski definition) is 0. The van der Waals surface area contributed by atoms with Crippen molar-refractivity contribution in [3.63, 3.8) is 0 Å². The summed E-state index contributed by atoms with van der Waals surface area (Å²) in [5.41, 5.74) is 0.791. The molecule has 2 aliphatic rings. The molecule has 0 radical (unpaired) electrons. The Morgan fingerprint density at radius 3 is 2.52 bits per heavy atom. The van der Waals surface area contributed by atoms with Gasteiger partial charge in [-0.05, 0) is 42.9 Å². The normalized spacial score (nSPS) is 23.1. The van der Waals surface area contributed by atoms with E-state index in [0.29, 0.717) is 17.3 Å². The zero-order valence-corrected chi connectivity index (χ0v) is 14.3. The van der Waals surface area contributed by atoms with Crippen LogP contribution in [0.2, 0.25) is 0 Å². The maximum Gasteiger partial charge on any atom is 0.274 e. The number of para-hydroxylation sites is 1. The average molecular weight is 337 g/mol. The van der Waals surface area contributed by atoms with Gasteiger partial charge in [-0.25, -0.2) is 0 Å². The van der Waals surface area contributed by atoms with E-state index in [1.165, 1.54) is 36.4 Å². The highest BCUT2D eigenvalue weighted by molar-refractivity contribution is 5.92. The van der Waals surface area contributed by atoms with Gasteiger partial charge in [0.15, 0.2) is 0 Å². The largest absolute Gasteiger partial charge is 0.337 e. The van der Waals surface area contributed by atoms with Crippen molar-refractivity contribution in [1.82, 2.24) is 14.7 Å². The molecule has 0 bridgehead atoms. The Morgan fingerprint density at radius 1 is 0.960 bits per heavy atom. The van der Waals surface area contributed by atoms with Gasteiger partial charge in [0, 0.05) is 19.2 Å². The van der Waals surface area contributed by atoms with E-state index in [-0.39, 0.29) is 11.5 Å². The predicted molar refractivity (Wildman–Crippen MR) is 95.8 cm³/mol. The van der Waals surface area contributed by atoms with Crippen molar-refractivity contribution in [3.05, 3.63) is 58.5 Å². The molecule has 0 N–H and O–H groups in total. The minimum Gasteiger partial charge on any atom is -0.337 e. The molecule has 1 saturated heterocycles. The number of carbonyl (C=O) groups excluding carboxylic acids is 1. The lowest BCUT2D eigenvalue weighted by molar-refractivity contribution is 0.0513. The summed E-state index contributed by atoms with van der Waals surface area (Å²) in [6.45, 7) is 1.63. The lowest BCUT2D eigenvalue weighted by Crippen LogP contribution is -2.45. The lowest BCUT2D eigenvalue weighted by Gasteiger charge is -2.41. The van der Waals surface area contributed by atoms with E-state index in [1.54, 1.807) is 6.07 Å². The standard InChI is InChI=1S/C20H23N3O2/c24-19-11-10-18(21-23(19)17-8-2-1-3-9-17)20(25)22-13-12-15-6-4-5-7-16(15)14-22/h1-3,8-11,15-16H,4-7,12-14H2/t15-,16+/m1/s1. The monoisotopic (exact) mass is 337 g/mol. The summed E-state index contributed by atoms with van der Waals surface area (Å²) in [6, 6.07) is 12.2. The van der Waals surface area contributed by atoms with Crippen molar-refractivity contribution in [2.75, 3.05) is 13.1 Å². The fraction of sp³-hybridized carbons (Fsp3) is 0.450. The van der Waals surface area contributed by atoms with Crippen LogP contribution in [0.5, 0.6) is 0 Å². The van der Waals surface area contributed by atoms with E-state index in [1.807, 2.05) is 35.2 Å². The summed E-state index contributed by atoms with van der Waals surface area (Å²) in [6.07, 6.45) is 6.24. The van der Waals surface area contributed by atoms with Crippen molar-refractivity contribution in [3.8, 4) is 5.69 Å². The SMILES string of the molecule is O=C(c1ccc(=O)n(-c2ccccc2)n1)N1CC[C@H]2CCCC[C@H]2C1. The van der Waals surface area contributed by atoms with Crippen LogP contribution in [0.15, 0.2) is 47.3 Å². The van der Waals surface area contributed by atoms with Crippen LogP contribution in [0.4, 0.5) is 0 Å². The number of rotatable bonds is 2. The van der Waals surface area contributed by atoms with E-state index < -0.39 is 0 Å². The zero-order chi connectivity index (χ0) is 17.2. The Hall–Kier alpha value is -2.43. The van der Waals surface area contributed by atoms with Gasteiger partial charge < -0.3 is 4.90 Å². The number of carbonyl (C=O) groups is 1. The van der Waals surface area contributed by atoms with E-state index in [2.05, 4.69) is 5.10 Å². The molecule has 5 heteroatoms. The van der Waals surface area contributed by atoms with Crippen LogP contribution in [0.1, 0.15) is 42.6 Å². The first-order valence-electron chi connectivity index (χ1n) is 9.17. The van der Waals surface area contributed by atoms with Crippen molar-refractivity contribution >= 4 is 5.91 Å². The van der Waals surface area contributed by atoms with Crippen LogP contribution in [-0.4, -0.2) is 33.7 Å². The molecule has 1 aromatic carbocycles. The molecule has 2 atom stereocenters. The van der Waals surface area contributed by atoms with Crippen LogP contribution in [0.25, 0.3) is 5.69 Å². The summed E-state index contributed by atoms with van der Waals surface area (Å²) in [7, 11) is 0. The molecular weight excluding hydrogens is 314 g/mol. The quantitative estimate of drug-likeness (QED) is 0.847. The van der Waals surface area contributed by atoms with Crippen LogP contribution in [0, 0.1) is 11.8 Å². The molecule has 4 rings (SSSR count). The molecule has 2 fully saturated rings. The Morgan fingerprint density at radius 2 is 1.72 bits per heavy atom. The number of likely N-dealkylation sites (tertiary alicyclic amines) is 1. The van der Waals surface area contributed by atoms with Gasteiger partial charge in [0.25, 0.3) is 11.5 Å². The molecule has 25 heavy (non-hydrogen) atoms. The number of hydrogen-bond acceptors (Lipinski definition) is 3. The van der Waals surface area contributed by atoms with E-state index in [0.717, 1.165) is 25.4 Å². The second-order valence-electron chi connectivity index (χ2n) is 7.15. The highest BCUT2D eigenvalue weighted by Gasteiger charge is 2.33. The summed E-state index contributed by atoms with van der Waals surface area (Å²) in [5, 5.41) is 4.33. The van der Waals surface area contributed by atoms with E-state index >= 15 is 0 Å². The number of piperidine rings is 1. The Bertz CT molecular complexity index is 815. The number of aromatic nitrogens is 2. The summed E-state index contributed by atoms with van der Waals surface area (Å²) < 4.78 is 1.31. The molecule has 1 aromatic heterocycles. The fourth-order valence-electron chi connectivity index (χ4n) is 4.23. The Labute approximate surface area is 147 Å². The first-order chi connectivity index (χ1) is 12.2. The highest BCUT2D eigenvalue weighted by Crippen LogP contribution is 2.36. The van der Waals surface area contributed by atoms with Gasteiger partial charge in [0.05, 0.1) is 5.69 Å². The van der Waals surface area contributed by atoms with Gasteiger partial charge in [-0.1, -0.05) is 37.5 Å². The molecule has 5 nitrogen and oxygen atoms in total. The van der Waals surface area contributed by atoms with Crippen LogP contribution in [0.3, 0.4) is 0 Å². The first kappa shape index (κ1) is 16.1. The molecule has 2 heterocycles. The van der Waals surface area contributed by atoms with Gasteiger partial charge in [0.1, 0.15) is 5.69 Å². The van der Waals surface area contributed by atoms with Crippen molar-refractivity contribution in [1.29, 1.82) is 0 Å². The molecule has 1 amide bonds. The molecule has 0 unspecified atom stereocenters. The fourth-order valence-corrected chi connectivity index (χ4v) is 4.23. The molecule has 1 aliphatic carbocycles. The maximum atomic E-state index is 12.9. The smallest absolute Gasteiger partial charge is 0.274 e. The van der Waals surface area contributed by atoms with Crippen molar-refractivity contribution < 1.29 is 4.79 Å².